The summed E-state index contributed by atoms with van der Waals surface area (Å²) in [5, 5.41) is 3.08. The van der Waals surface area contributed by atoms with Gasteiger partial charge in [-0.05, 0) is 67.6 Å². The summed E-state index contributed by atoms with van der Waals surface area (Å²) in [6.07, 6.45) is 7.77. The van der Waals surface area contributed by atoms with Crippen molar-refractivity contribution < 1.29 is 9.59 Å². The minimum Gasteiger partial charge on any atom is -0.356 e. The van der Waals surface area contributed by atoms with Crippen molar-refractivity contribution in [3.8, 4) is 0 Å². The standard InChI is InChI=1S/C18H29NO2S/c1-2-18(21)19-9-11-5-15-13-7-12(3-4-14(20)10-22)16(8-13)17(15)6-11/h11-13,15-17,22H,2-10H2,1H3,(H,19,21). The Kier molecular flexibility index (Phi) is 5.16. The molecule has 0 spiro atoms. The van der Waals surface area contributed by atoms with Gasteiger partial charge in [0, 0.05) is 25.1 Å². The van der Waals surface area contributed by atoms with Gasteiger partial charge in [0.05, 0.1) is 0 Å². The van der Waals surface area contributed by atoms with Gasteiger partial charge in [-0.3, -0.25) is 9.59 Å². The van der Waals surface area contributed by atoms with Crippen LogP contribution < -0.4 is 5.32 Å². The Labute approximate surface area is 139 Å². The summed E-state index contributed by atoms with van der Waals surface area (Å²) in [6, 6.07) is 0. The largest absolute Gasteiger partial charge is 0.356 e. The number of carbonyl (C=O) groups excluding carboxylic acids is 2. The number of hydrogen-bond donors (Lipinski definition) is 2. The first-order valence-corrected chi connectivity index (χ1v) is 9.64. The van der Waals surface area contributed by atoms with Gasteiger partial charge in [0.2, 0.25) is 5.91 Å². The number of carbonyl (C=O) groups is 2. The molecule has 6 atom stereocenters. The van der Waals surface area contributed by atoms with Crippen LogP contribution in [0.5, 0.6) is 0 Å². The Morgan fingerprint density at radius 1 is 1.09 bits per heavy atom. The average molecular weight is 324 g/mol. The lowest BCUT2D eigenvalue weighted by Gasteiger charge is -2.31. The molecular formula is C18H29NO2S. The predicted octanol–water partition coefficient (Wildman–Crippen LogP) is 3.09. The smallest absolute Gasteiger partial charge is 0.219 e. The van der Waals surface area contributed by atoms with Crippen LogP contribution in [-0.4, -0.2) is 24.0 Å². The van der Waals surface area contributed by atoms with Crippen LogP contribution in [0, 0.1) is 35.5 Å². The highest BCUT2D eigenvalue weighted by atomic mass is 32.1. The molecule has 6 unspecified atom stereocenters. The number of rotatable bonds is 7. The first-order chi connectivity index (χ1) is 10.6. The second kappa shape index (κ2) is 6.94. The number of thiol groups is 1. The van der Waals surface area contributed by atoms with Crippen LogP contribution in [0.3, 0.4) is 0 Å². The van der Waals surface area contributed by atoms with Crippen LogP contribution in [0.1, 0.15) is 51.9 Å². The van der Waals surface area contributed by atoms with Crippen molar-refractivity contribution in [2.24, 2.45) is 35.5 Å². The fraction of sp³-hybridized carbons (Fsp3) is 0.889. The molecule has 2 bridgehead atoms. The van der Waals surface area contributed by atoms with Gasteiger partial charge in [0.1, 0.15) is 5.78 Å². The van der Waals surface area contributed by atoms with E-state index < -0.39 is 0 Å². The summed E-state index contributed by atoms with van der Waals surface area (Å²) in [5.41, 5.74) is 0. The van der Waals surface area contributed by atoms with E-state index in [1.165, 1.54) is 25.7 Å². The van der Waals surface area contributed by atoms with E-state index in [9.17, 15) is 9.59 Å². The summed E-state index contributed by atoms with van der Waals surface area (Å²) in [5.74, 6) is 5.88. The van der Waals surface area contributed by atoms with Gasteiger partial charge >= 0.3 is 0 Å². The number of fused-ring (bicyclic) bond motifs is 5. The van der Waals surface area contributed by atoms with Crippen molar-refractivity contribution >= 4 is 24.3 Å². The van der Waals surface area contributed by atoms with Crippen LogP contribution in [0.25, 0.3) is 0 Å². The molecule has 124 valence electrons. The number of ketones is 1. The molecule has 0 heterocycles. The molecule has 22 heavy (non-hydrogen) atoms. The molecule has 3 aliphatic carbocycles. The maximum Gasteiger partial charge on any atom is 0.219 e. The summed E-state index contributed by atoms with van der Waals surface area (Å²) in [4.78, 5) is 23.0. The van der Waals surface area contributed by atoms with E-state index in [2.05, 4.69) is 17.9 Å². The SMILES string of the molecule is CCC(=O)NCC1CC2C3CC(CCC(=O)CS)C(C3)C2C1. The monoisotopic (exact) mass is 323 g/mol. The zero-order chi connectivity index (χ0) is 15.7. The maximum absolute atomic E-state index is 11.5. The highest BCUT2D eigenvalue weighted by Crippen LogP contribution is 2.62. The molecule has 0 aromatic carbocycles. The lowest BCUT2D eigenvalue weighted by molar-refractivity contribution is -0.121. The molecule has 3 nitrogen and oxygen atoms in total. The van der Waals surface area contributed by atoms with Crippen molar-refractivity contribution in [3.05, 3.63) is 0 Å². The highest BCUT2D eigenvalue weighted by Gasteiger charge is 2.55. The molecule has 0 aromatic rings. The molecule has 0 radical (unpaired) electrons. The lowest BCUT2D eigenvalue weighted by atomic mass is 9.74. The Balaban J connectivity index is 1.50. The van der Waals surface area contributed by atoms with E-state index >= 15 is 0 Å². The summed E-state index contributed by atoms with van der Waals surface area (Å²) in [6.45, 7) is 2.79. The van der Waals surface area contributed by atoms with E-state index in [-0.39, 0.29) is 5.91 Å². The van der Waals surface area contributed by atoms with Crippen LogP contribution in [-0.2, 0) is 9.59 Å². The Morgan fingerprint density at radius 2 is 1.86 bits per heavy atom. The second-order valence-corrected chi connectivity index (χ2v) is 8.03. The van der Waals surface area contributed by atoms with E-state index in [1.54, 1.807) is 0 Å². The zero-order valence-electron chi connectivity index (χ0n) is 13.6. The van der Waals surface area contributed by atoms with Crippen molar-refractivity contribution in [2.75, 3.05) is 12.3 Å². The molecule has 3 aliphatic rings. The van der Waals surface area contributed by atoms with Gasteiger partial charge in [-0.1, -0.05) is 6.92 Å². The Morgan fingerprint density at radius 3 is 2.59 bits per heavy atom. The number of amides is 1. The van der Waals surface area contributed by atoms with Gasteiger partial charge in [0.25, 0.3) is 0 Å². The summed E-state index contributed by atoms with van der Waals surface area (Å²) in [7, 11) is 0. The second-order valence-electron chi connectivity index (χ2n) is 7.71. The molecule has 0 aliphatic heterocycles. The van der Waals surface area contributed by atoms with Gasteiger partial charge in [-0.25, -0.2) is 0 Å². The molecular weight excluding hydrogens is 294 g/mol. The third kappa shape index (κ3) is 3.22. The third-order valence-corrected chi connectivity index (χ3v) is 6.93. The molecule has 0 saturated heterocycles. The Bertz CT molecular complexity index is 439. The number of Topliss-reactive ketones (excluding diaryl/α,β-unsaturated/α-hetero) is 1. The zero-order valence-corrected chi connectivity index (χ0v) is 14.5. The molecule has 0 aromatic heterocycles. The normalized spacial score (nSPS) is 39.0. The van der Waals surface area contributed by atoms with Crippen molar-refractivity contribution in [1.29, 1.82) is 0 Å². The average Bonchev–Trinajstić information content (AvgIpc) is 3.20. The number of nitrogens with one attached hydrogen (secondary N) is 1. The first-order valence-electron chi connectivity index (χ1n) is 9.01. The summed E-state index contributed by atoms with van der Waals surface area (Å²) < 4.78 is 0. The minimum absolute atomic E-state index is 0.183. The van der Waals surface area contributed by atoms with Crippen LogP contribution >= 0.6 is 12.6 Å². The van der Waals surface area contributed by atoms with E-state index in [1.807, 2.05) is 6.92 Å². The van der Waals surface area contributed by atoms with Gasteiger partial charge in [-0.2, -0.15) is 12.6 Å². The first kappa shape index (κ1) is 16.4. The number of hydrogen-bond acceptors (Lipinski definition) is 3. The van der Waals surface area contributed by atoms with Crippen molar-refractivity contribution in [2.45, 2.75) is 51.9 Å². The molecule has 3 rings (SSSR count). The quantitative estimate of drug-likeness (QED) is 0.707. The van der Waals surface area contributed by atoms with Gasteiger partial charge in [0.15, 0.2) is 0 Å². The fourth-order valence-corrected chi connectivity index (χ4v) is 5.79. The predicted molar refractivity (Wildman–Crippen MR) is 90.8 cm³/mol. The highest BCUT2D eigenvalue weighted by molar-refractivity contribution is 7.81. The summed E-state index contributed by atoms with van der Waals surface area (Å²) >= 11 is 4.08. The molecule has 1 amide bonds. The van der Waals surface area contributed by atoms with Crippen LogP contribution in [0.2, 0.25) is 0 Å². The van der Waals surface area contributed by atoms with Gasteiger partial charge in [-0.15, -0.1) is 0 Å². The van der Waals surface area contributed by atoms with Crippen LogP contribution in [0.4, 0.5) is 0 Å². The maximum atomic E-state index is 11.5. The van der Waals surface area contributed by atoms with Crippen molar-refractivity contribution in [1.82, 2.24) is 5.32 Å². The van der Waals surface area contributed by atoms with Crippen molar-refractivity contribution in [3.63, 3.8) is 0 Å². The van der Waals surface area contributed by atoms with Crippen LogP contribution in [0.15, 0.2) is 0 Å². The molecule has 3 saturated carbocycles. The molecule has 3 fully saturated rings. The topological polar surface area (TPSA) is 46.2 Å². The van der Waals surface area contributed by atoms with E-state index in [4.69, 9.17) is 0 Å². The third-order valence-electron chi connectivity index (χ3n) is 6.58. The van der Waals surface area contributed by atoms with E-state index in [0.717, 1.165) is 49.0 Å². The van der Waals surface area contributed by atoms with E-state index in [0.29, 0.717) is 23.9 Å². The Hall–Kier alpha value is -0.510. The fourth-order valence-electron chi connectivity index (χ4n) is 5.63. The van der Waals surface area contributed by atoms with Gasteiger partial charge < -0.3 is 5.32 Å². The minimum atomic E-state index is 0.183. The lowest BCUT2D eigenvalue weighted by Crippen LogP contribution is -2.28. The molecule has 4 heteroatoms. The molecule has 1 N–H and O–H groups in total.